The first kappa shape index (κ1) is 13.7. The smallest absolute Gasteiger partial charge is 0.161 e. The van der Waals surface area contributed by atoms with Gasteiger partial charge in [0.2, 0.25) is 0 Å². The SMILES string of the molecule is C=CCC(N)c1c(OC)cnn1CCN(C)C. The van der Waals surface area contributed by atoms with Gasteiger partial charge in [-0.25, -0.2) is 0 Å². The molecular weight excluding hydrogens is 216 g/mol. The van der Waals surface area contributed by atoms with Gasteiger partial charge in [0.05, 0.1) is 31.6 Å². The average Bonchev–Trinajstić information content (AvgIpc) is 2.69. The molecule has 0 aliphatic heterocycles. The molecule has 0 radical (unpaired) electrons. The molecule has 96 valence electrons. The van der Waals surface area contributed by atoms with Crippen LogP contribution in [-0.2, 0) is 6.54 Å². The Hall–Kier alpha value is -1.33. The number of ether oxygens (including phenoxy) is 1. The summed E-state index contributed by atoms with van der Waals surface area (Å²) in [6, 6.07) is -0.118. The molecule has 5 nitrogen and oxygen atoms in total. The minimum absolute atomic E-state index is 0.118. The summed E-state index contributed by atoms with van der Waals surface area (Å²) in [5.74, 6) is 0.748. The van der Waals surface area contributed by atoms with Crippen LogP contribution in [0.2, 0.25) is 0 Å². The molecular formula is C12H22N4O. The van der Waals surface area contributed by atoms with Crippen LogP contribution in [0.4, 0.5) is 0 Å². The van der Waals surface area contributed by atoms with E-state index in [9.17, 15) is 0 Å². The lowest BCUT2D eigenvalue weighted by Crippen LogP contribution is -2.23. The van der Waals surface area contributed by atoms with E-state index in [4.69, 9.17) is 10.5 Å². The fraction of sp³-hybridized carbons (Fsp3) is 0.583. The zero-order valence-corrected chi connectivity index (χ0v) is 10.9. The summed E-state index contributed by atoms with van der Waals surface area (Å²) >= 11 is 0. The normalized spacial score (nSPS) is 12.8. The summed E-state index contributed by atoms with van der Waals surface area (Å²) in [5, 5.41) is 4.31. The van der Waals surface area contributed by atoms with Crippen molar-refractivity contribution in [1.82, 2.24) is 14.7 Å². The average molecular weight is 238 g/mol. The van der Waals surface area contributed by atoms with Crippen molar-refractivity contribution < 1.29 is 4.74 Å². The Morgan fingerprint density at radius 2 is 2.35 bits per heavy atom. The maximum atomic E-state index is 6.11. The second kappa shape index (κ2) is 6.42. The van der Waals surface area contributed by atoms with Crippen LogP contribution in [0.1, 0.15) is 18.2 Å². The van der Waals surface area contributed by atoms with Gasteiger partial charge in [-0.05, 0) is 20.5 Å². The van der Waals surface area contributed by atoms with Crippen LogP contribution in [0.15, 0.2) is 18.9 Å². The highest BCUT2D eigenvalue weighted by Crippen LogP contribution is 2.25. The van der Waals surface area contributed by atoms with E-state index in [1.807, 2.05) is 24.9 Å². The highest BCUT2D eigenvalue weighted by atomic mass is 16.5. The Kier molecular flexibility index (Phi) is 5.18. The number of nitrogens with two attached hydrogens (primary N) is 1. The Bertz CT molecular complexity index is 359. The van der Waals surface area contributed by atoms with Crippen molar-refractivity contribution in [3.05, 3.63) is 24.5 Å². The van der Waals surface area contributed by atoms with Crippen molar-refractivity contribution in [3.63, 3.8) is 0 Å². The highest BCUT2D eigenvalue weighted by Gasteiger charge is 2.17. The lowest BCUT2D eigenvalue weighted by atomic mass is 10.1. The second-order valence-corrected chi connectivity index (χ2v) is 4.26. The third kappa shape index (κ3) is 3.57. The molecule has 1 rings (SSSR count). The molecule has 0 saturated heterocycles. The lowest BCUT2D eigenvalue weighted by Gasteiger charge is -2.16. The molecule has 1 heterocycles. The monoisotopic (exact) mass is 238 g/mol. The van der Waals surface area contributed by atoms with Gasteiger partial charge in [0, 0.05) is 6.54 Å². The largest absolute Gasteiger partial charge is 0.493 e. The number of nitrogens with zero attached hydrogens (tertiary/aromatic N) is 3. The molecule has 17 heavy (non-hydrogen) atoms. The van der Waals surface area contributed by atoms with E-state index in [1.54, 1.807) is 13.3 Å². The minimum atomic E-state index is -0.118. The zero-order valence-electron chi connectivity index (χ0n) is 10.9. The first-order chi connectivity index (χ1) is 8.10. The molecule has 0 aromatic carbocycles. The van der Waals surface area contributed by atoms with Gasteiger partial charge in [0.15, 0.2) is 5.75 Å². The van der Waals surface area contributed by atoms with Gasteiger partial charge in [0.25, 0.3) is 0 Å². The van der Waals surface area contributed by atoms with Crippen LogP contribution < -0.4 is 10.5 Å². The van der Waals surface area contributed by atoms with Crippen molar-refractivity contribution in [2.24, 2.45) is 5.73 Å². The molecule has 0 bridgehead atoms. The van der Waals surface area contributed by atoms with Crippen molar-refractivity contribution in [2.45, 2.75) is 19.0 Å². The maximum Gasteiger partial charge on any atom is 0.161 e. The summed E-state index contributed by atoms with van der Waals surface area (Å²) in [6.45, 7) is 5.43. The predicted molar refractivity (Wildman–Crippen MR) is 69.1 cm³/mol. The molecule has 1 unspecified atom stereocenters. The van der Waals surface area contributed by atoms with Crippen LogP contribution in [0.25, 0.3) is 0 Å². The molecule has 0 aliphatic carbocycles. The molecule has 0 fully saturated rings. The summed E-state index contributed by atoms with van der Waals surface area (Å²) in [6.07, 6.45) is 4.24. The van der Waals surface area contributed by atoms with Gasteiger partial charge in [-0.2, -0.15) is 5.10 Å². The highest BCUT2D eigenvalue weighted by molar-refractivity contribution is 5.28. The molecule has 0 spiro atoms. The van der Waals surface area contributed by atoms with E-state index in [2.05, 4.69) is 16.6 Å². The van der Waals surface area contributed by atoms with Crippen LogP contribution in [0.3, 0.4) is 0 Å². The van der Waals surface area contributed by atoms with Gasteiger partial charge in [-0.15, -0.1) is 6.58 Å². The Balaban J connectivity index is 2.88. The van der Waals surface area contributed by atoms with E-state index in [1.165, 1.54) is 0 Å². The summed E-state index contributed by atoms with van der Waals surface area (Å²) in [5.41, 5.74) is 7.05. The quantitative estimate of drug-likeness (QED) is 0.721. The third-order valence-corrected chi connectivity index (χ3v) is 2.60. The standard InChI is InChI=1S/C12H22N4O/c1-5-6-10(13)12-11(17-4)9-14-16(12)8-7-15(2)3/h5,9-10H,1,6-8,13H2,2-4H3. The Morgan fingerprint density at radius 3 is 2.88 bits per heavy atom. The van der Waals surface area contributed by atoms with Gasteiger partial charge in [-0.3, -0.25) is 4.68 Å². The lowest BCUT2D eigenvalue weighted by molar-refractivity contribution is 0.361. The molecule has 0 saturated carbocycles. The summed E-state index contributed by atoms with van der Waals surface area (Å²) in [7, 11) is 5.70. The van der Waals surface area contributed by atoms with E-state index in [-0.39, 0.29) is 6.04 Å². The molecule has 1 aromatic rings. The van der Waals surface area contributed by atoms with Crippen molar-refractivity contribution in [3.8, 4) is 5.75 Å². The fourth-order valence-corrected chi connectivity index (χ4v) is 1.67. The summed E-state index contributed by atoms with van der Waals surface area (Å²) in [4.78, 5) is 2.11. The summed E-state index contributed by atoms with van der Waals surface area (Å²) < 4.78 is 7.20. The van der Waals surface area contributed by atoms with Gasteiger partial charge < -0.3 is 15.4 Å². The molecule has 0 aliphatic rings. The maximum absolute atomic E-state index is 6.11. The van der Waals surface area contributed by atoms with Crippen LogP contribution in [0, 0.1) is 0 Å². The van der Waals surface area contributed by atoms with Gasteiger partial charge in [0.1, 0.15) is 0 Å². The number of rotatable bonds is 7. The molecule has 1 atom stereocenters. The van der Waals surface area contributed by atoms with E-state index < -0.39 is 0 Å². The van der Waals surface area contributed by atoms with Gasteiger partial charge >= 0.3 is 0 Å². The minimum Gasteiger partial charge on any atom is -0.493 e. The molecule has 2 N–H and O–H groups in total. The number of hydrogen-bond donors (Lipinski definition) is 1. The second-order valence-electron chi connectivity index (χ2n) is 4.26. The van der Waals surface area contributed by atoms with E-state index >= 15 is 0 Å². The van der Waals surface area contributed by atoms with E-state index in [0.29, 0.717) is 6.42 Å². The Morgan fingerprint density at radius 1 is 1.65 bits per heavy atom. The van der Waals surface area contributed by atoms with E-state index in [0.717, 1.165) is 24.5 Å². The number of likely N-dealkylation sites (N-methyl/N-ethyl adjacent to an activating group) is 1. The van der Waals surface area contributed by atoms with Crippen LogP contribution in [0.5, 0.6) is 5.75 Å². The van der Waals surface area contributed by atoms with Crippen molar-refractivity contribution in [2.75, 3.05) is 27.7 Å². The number of hydrogen-bond acceptors (Lipinski definition) is 4. The first-order valence-corrected chi connectivity index (χ1v) is 5.71. The van der Waals surface area contributed by atoms with Gasteiger partial charge in [-0.1, -0.05) is 6.08 Å². The molecule has 0 amide bonds. The third-order valence-electron chi connectivity index (χ3n) is 2.60. The van der Waals surface area contributed by atoms with Crippen molar-refractivity contribution in [1.29, 1.82) is 0 Å². The molecule has 1 aromatic heterocycles. The van der Waals surface area contributed by atoms with Crippen LogP contribution >= 0.6 is 0 Å². The first-order valence-electron chi connectivity index (χ1n) is 5.71. The number of aromatic nitrogens is 2. The predicted octanol–water partition coefficient (Wildman–Crippen LogP) is 1.03. The zero-order chi connectivity index (χ0) is 12.8. The van der Waals surface area contributed by atoms with Crippen molar-refractivity contribution >= 4 is 0 Å². The number of methoxy groups -OCH3 is 1. The topological polar surface area (TPSA) is 56.3 Å². The molecule has 5 heteroatoms. The Labute approximate surface area is 103 Å². The van der Waals surface area contributed by atoms with Crippen LogP contribution in [-0.4, -0.2) is 42.4 Å². The fourth-order valence-electron chi connectivity index (χ4n) is 1.67.